The molecule has 0 saturated carbocycles. The fourth-order valence-electron chi connectivity index (χ4n) is 3.21. The predicted molar refractivity (Wildman–Crippen MR) is 115 cm³/mol. The molecule has 1 saturated heterocycles. The van der Waals surface area contributed by atoms with E-state index in [1.54, 1.807) is 45.0 Å². The standard InChI is InChI=1S/C22H29N3O8/c1-22(2,3)33-19(29)13-24-9-10-25(16(20(24)30)11-18(27)28)17(26)12-23-21(31)32-14-15-7-5-4-6-8-15/h4-8,16H,9-14H2,1-3H3,(H,23,31)(H,27,28). The van der Waals surface area contributed by atoms with Crippen LogP contribution in [-0.2, 0) is 35.3 Å². The van der Waals surface area contributed by atoms with Gasteiger partial charge in [-0.2, -0.15) is 0 Å². The van der Waals surface area contributed by atoms with E-state index < -0.39 is 54.5 Å². The molecule has 33 heavy (non-hydrogen) atoms. The Bertz CT molecular complexity index is 881. The van der Waals surface area contributed by atoms with Crippen LogP contribution in [0.25, 0.3) is 0 Å². The smallest absolute Gasteiger partial charge is 0.407 e. The Morgan fingerprint density at radius 1 is 1.12 bits per heavy atom. The number of carbonyl (C=O) groups excluding carboxylic acids is 4. The molecule has 180 valence electrons. The summed E-state index contributed by atoms with van der Waals surface area (Å²) in [5.74, 6) is -3.22. The molecule has 1 fully saturated rings. The number of carbonyl (C=O) groups is 5. The summed E-state index contributed by atoms with van der Waals surface area (Å²) in [5, 5.41) is 11.5. The Balaban J connectivity index is 1.93. The first kappa shape index (κ1) is 25.6. The zero-order valence-corrected chi connectivity index (χ0v) is 18.9. The lowest BCUT2D eigenvalue weighted by atomic mass is 10.1. The minimum Gasteiger partial charge on any atom is -0.481 e. The van der Waals surface area contributed by atoms with Crippen LogP contribution < -0.4 is 5.32 Å². The molecule has 11 nitrogen and oxygen atoms in total. The van der Waals surface area contributed by atoms with Crippen LogP contribution in [0.1, 0.15) is 32.8 Å². The summed E-state index contributed by atoms with van der Waals surface area (Å²) in [7, 11) is 0. The van der Waals surface area contributed by atoms with Crippen molar-refractivity contribution in [1.29, 1.82) is 0 Å². The molecule has 0 radical (unpaired) electrons. The molecule has 1 aromatic rings. The zero-order valence-electron chi connectivity index (χ0n) is 18.9. The highest BCUT2D eigenvalue weighted by atomic mass is 16.6. The summed E-state index contributed by atoms with van der Waals surface area (Å²) < 4.78 is 10.2. The van der Waals surface area contributed by atoms with Gasteiger partial charge in [0.2, 0.25) is 11.8 Å². The van der Waals surface area contributed by atoms with Crippen LogP contribution in [0.4, 0.5) is 4.79 Å². The first-order valence-electron chi connectivity index (χ1n) is 10.4. The van der Waals surface area contributed by atoms with Crippen molar-refractivity contribution < 1.29 is 38.6 Å². The molecule has 11 heteroatoms. The molecular formula is C22H29N3O8. The lowest BCUT2D eigenvalue weighted by molar-refractivity contribution is -0.163. The summed E-state index contributed by atoms with van der Waals surface area (Å²) in [4.78, 5) is 63.0. The number of esters is 1. The summed E-state index contributed by atoms with van der Waals surface area (Å²) >= 11 is 0. The second-order valence-corrected chi connectivity index (χ2v) is 8.46. The Kier molecular flexibility index (Phi) is 8.78. The van der Waals surface area contributed by atoms with Gasteiger partial charge in [0.15, 0.2) is 0 Å². The van der Waals surface area contributed by atoms with Crippen LogP contribution in [0.5, 0.6) is 0 Å². The number of carboxylic acids is 1. The van der Waals surface area contributed by atoms with E-state index >= 15 is 0 Å². The van der Waals surface area contributed by atoms with Gasteiger partial charge in [0.25, 0.3) is 0 Å². The number of rotatable bonds is 8. The van der Waals surface area contributed by atoms with E-state index in [4.69, 9.17) is 9.47 Å². The van der Waals surface area contributed by atoms with Gasteiger partial charge in [-0.1, -0.05) is 30.3 Å². The molecule has 2 N–H and O–H groups in total. The number of carboxylic acid groups (broad SMARTS) is 1. The highest BCUT2D eigenvalue weighted by Crippen LogP contribution is 2.16. The number of piperazine rings is 1. The number of nitrogens with one attached hydrogen (secondary N) is 1. The Morgan fingerprint density at radius 2 is 1.79 bits per heavy atom. The van der Waals surface area contributed by atoms with Crippen molar-refractivity contribution in [2.75, 3.05) is 26.2 Å². The van der Waals surface area contributed by atoms with Gasteiger partial charge >= 0.3 is 18.0 Å². The molecule has 1 atom stereocenters. The molecule has 1 heterocycles. The van der Waals surface area contributed by atoms with Crippen LogP contribution >= 0.6 is 0 Å². The summed E-state index contributed by atoms with van der Waals surface area (Å²) in [6.45, 7) is 4.30. The van der Waals surface area contributed by atoms with Crippen molar-refractivity contribution in [2.45, 2.75) is 45.4 Å². The van der Waals surface area contributed by atoms with Crippen LogP contribution in [0.2, 0.25) is 0 Å². The molecular weight excluding hydrogens is 434 g/mol. The maximum atomic E-state index is 12.8. The van der Waals surface area contributed by atoms with Gasteiger partial charge in [0.1, 0.15) is 31.3 Å². The number of alkyl carbamates (subject to hydrolysis) is 1. The second kappa shape index (κ2) is 11.3. The van der Waals surface area contributed by atoms with Crippen LogP contribution in [-0.4, -0.2) is 82.6 Å². The third-order valence-electron chi connectivity index (χ3n) is 4.61. The van der Waals surface area contributed by atoms with E-state index in [1.807, 2.05) is 6.07 Å². The van der Waals surface area contributed by atoms with Gasteiger partial charge < -0.3 is 29.7 Å². The fourth-order valence-corrected chi connectivity index (χ4v) is 3.21. The maximum Gasteiger partial charge on any atom is 0.407 e. The Hall–Kier alpha value is -3.63. The highest BCUT2D eigenvalue weighted by molar-refractivity contribution is 5.94. The molecule has 0 aliphatic carbocycles. The summed E-state index contributed by atoms with van der Waals surface area (Å²) in [6.07, 6.45) is -1.45. The van der Waals surface area contributed by atoms with E-state index in [9.17, 15) is 29.1 Å². The van der Waals surface area contributed by atoms with E-state index in [-0.39, 0.29) is 26.2 Å². The topological polar surface area (TPSA) is 143 Å². The molecule has 0 spiro atoms. The van der Waals surface area contributed by atoms with Gasteiger partial charge in [-0.25, -0.2) is 4.79 Å². The lowest BCUT2D eigenvalue weighted by Crippen LogP contribution is -2.61. The van der Waals surface area contributed by atoms with E-state index in [2.05, 4.69) is 5.32 Å². The molecule has 1 aliphatic heterocycles. The summed E-state index contributed by atoms with van der Waals surface area (Å²) in [6, 6.07) is 7.66. The maximum absolute atomic E-state index is 12.8. The van der Waals surface area contributed by atoms with Gasteiger partial charge in [0, 0.05) is 13.1 Å². The van der Waals surface area contributed by atoms with Crippen molar-refractivity contribution in [3.05, 3.63) is 35.9 Å². The minimum atomic E-state index is -1.30. The van der Waals surface area contributed by atoms with Crippen LogP contribution in [0.15, 0.2) is 30.3 Å². The Morgan fingerprint density at radius 3 is 2.39 bits per heavy atom. The average molecular weight is 463 g/mol. The highest BCUT2D eigenvalue weighted by Gasteiger charge is 2.39. The van der Waals surface area contributed by atoms with Gasteiger partial charge in [-0.15, -0.1) is 0 Å². The third-order valence-corrected chi connectivity index (χ3v) is 4.61. The van der Waals surface area contributed by atoms with Crippen molar-refractivity contribution in [3.63, 3.8) is 0 Å². The number of benzene rings is 1. The van der Waals surface area contributed by atoms with Gasteiger partial charge in [-0.3, -0.25) is 19.2 Å². The quantitative estimate of drug-likeness (QED) is 0.538. The normalized spacial score (nSPS) is 16.2. The number of amides is 3. The van der Waals surface area contributed by atoms with Crippen molar-refractivity contribution in [1.82, 2.24) is 15.1 Å². The average Bonchev–Trinajstić information content (AvgIpc) is 2.72. The second-order valence-electron chi connectivity index (χ2n) is 8.46. The minimum absolute atomic E-state index is 0.00601. The monoisotopic (exact) mass is 463 g/mol. The van der Waals surface area contributed by atoms with Gasteiger partial charge in [-0.05, 0) is 26.3 Å². The first-order valence-corrected chi connectivity index (χ1v) is 10.4. The SMILES string of the molecule is CC(C)(C)OC(=O)CN1CCN(C(=O)CNC(=O)OCc2ccccc2)C(CC(=O)O)C1=O. The van der Waals surface area contributed by atoms with Crippen molar-refractivity contribution in [3.8, 4) is 0 Å². The lowest BCUT2D eigenvalue weighted by Gasteiger charge is -2.40. The first-order chi connectivity index (χ1) is 15.5. The predicted octanol–water partition coefficient (Wildman–Crippen LogP) is 0.769. The molecule has 0 bridgehead atoms. The van der Waals surface area contributed by atoms with Crippen LogP contribution in [0, 0.1) is 0 Å². The van der Waals surface area contributed by atoms with Crippen molar-refractivity contribution >= 4 is 29.8 Å². The molecule has 1 aromatic carbocycles. The number of hydrogen-bond donors (Lipinski definition) is 2. The number of ether oxygens (including phenoxy) is 2. The largest absolute Gasteiger partial charge is 0.481 e. The molecule has 0 aromatic heterocycles. The van der Waals surface area contributed by atoms with E-state index in [0.29, 0.717) is 0 Å². The zero-order chi connectivity index (χ0) is 24.6. The van der Waals surface area contributed by atoms with Gasteiger partial charge in [0.05, 0.1) is 6.42 Å². The number of hydrogen-bond acceptors (Lipinski definition) is 7. The molecule has 1 aliphatic rings. The van der Waals surface area contributed by atoms with E-state index in [1.165, 1.54) is 4.90 Å². The number of nitrogens with zero attached hydrogens (tertiary/aromatic N) is 2. The summed E-state index contributed by atoms with van der Waals surface area (Å²) in [5.41, 5.74) is 0.0336. The van der Waals surface area contributed by atoms with Crippen molar-refractivity contribution in [2.24, 2.45) is 0 Å². The molecule has 1 unspecified atom stereocenters. The Labute approximate surface area is 191 Å². The van der Waals surface area contributed by atoms with Crippen LogP contribution in [0.3, 0.4) is 0 Å². The fraction of sp³-hybridized carbons (Fsp3) is 0.500. The third kappa shape index (κ3) is 8.43. The molecule has 2 rings (SSSR count). The molecule has 3 amide bonds. The van der Waals surface area contributed by atoms with E-state index in [0.717, 1.165) is 10.5 Å². The number of aliphatic carboxylic acids is 1.